The maximum atomic E-state index is 13.7. The highest BCUT2D eigenvalue weighted by molar-refractivity contribution is 7.90. The largest absolute Gasteiger partial charge is 0.354 e. The lowest BCUT2D eigenvalue weighted by Crippen LogP contribution is -2.54. The summed E-state index contributed by atoms with van der Waals surface area (Å²) in [6.07, 6.45) is 2.77. The second-order valence-corrected chi connectivity index (χ2v) is 10.6. The van der Waals surface area contributed by atoms with E-state index in [0.717, 1.165) is 27.0 Å². The average molecular weight is 503 g/mol. The summed E-state index contributed by atoms with van der Waals surface area (Å²) in [4.78, 5) is 28.2. The van der Waals surface area contributed by atoms with E-state index >= 15 is 0 Å². The molecule has 35 heavy (non-hydrogen) atoms. The first kappa shape index (κ1) is 28.3. The van der Waals surface area contributed by atoms with Crippen LogP contribution < -0.4 is 9.62 Å². The van der Waals surface area contributed by atoms with Crippen molar-refractivity contribution in [3.05, 3.63) is 66.2 Å². The molecule has 0 heterocycles. The Labute approximate surface area is 210 Å². The second-order valence-electron chi connectivity index (χ2n) is 8.52. The van der Waals surface area contributed by atoms with E-state index in [-0.39, 0.29) is 5.91 Å². The van der Waals surface area contributed by atoms with E-state index in [9.17, 15) is 18.0 Å². The fourth-order valence-corrected chi connectivity index (χ4v) is 4.77. The molecule has 0 spiro atoms. The van der Waals surface area contributed by atoms with Crippen molar-refractivity contribution >= 4 is 27.7 Å². The number of unbranched alkanes of at least 4 members (excludes halogenated alkanes) is 1. The molecule has 0 fully saturated rings. The third-order valence-corrected chi connectivity index (χ3v) is 7.58. The lowest BCUT2D eigenvalue weighted by molar-refractivity contribution is -0.139. The van der Waals surface area contributed by atoms with Crippen molar-refractivity contribution in [2.45, 2.75) is 45.6 Å². The monoisotopic (exact) mass is 502 g/mol. The number of nitrogens with one attached hydrogen (secondary N) is 1. The van der Waals surface area contributed by atoms with Gasteiger partial charge in [0.1, 0.15) is 12.6 Å². The molecule has 0 unspecified atom stereocenters. The molecule has 0 aliphatic carbocycles. The van der Waals surface area contributed by atoms with E-state index < -0.39 is 28.7 Å². The van der Waals surface area contributed by atoms with Crippen LogP contribution in [0.3, 0.4) is 0 Å². The van der Waals surface area contributed by atoms with Gasteiger partial charge in [-0.2, -0.15) is 12.7 Å². The molecule has 9 heteroatoms. The van der Waals surface area contributed by atoms with Gasteiger partial charge < -0.3 is 10.2 Å². The highest BCUT2D eigenvalue weighted by Crippen LogP contribution is 2.20. The minimum atomic E-state index is -3.94. The third kappa shape index (κ3) is 8.07. The van der Waals surface area contributed by atoms with E-state index in [1.807, 2.05) is 44.2 Å². The molecule has 0 bridgehead atoms. The number of para-hydroxylation sites is 1. The van der Waals surface area contributed by atoms with Gasteiger partial charge in [0.15, 0.2) is 0 Å². The molecular weight excluding hydrogens is 464 g/mol. The minimum absolute atomic E-state index is 0.218. The van der Waals surface area contributed by atoms with Gasteiger partial charge in [0.2, 0.25) is 11.8 Å². The summed E-state index contributed by atoms with van der Waals surface area (Å²) in [5.41, 5.74) is 1.42. The van der Waals surface area contributed by atoms with Crippen molar-refractivity contribution in [3.63, 3.8) is 0 Å². The van der Waals surface area contributed by atoms with Crippen LogP contribution in [0.5, 0.6) is 0 Å². The van der Waals surface area contributed by atoms with Crippen molar-refractivity contribution in [1.82, 2.24) is 14.5 Å². The molecule has 2 aromatic rings. The summed E-state index contributed by atoms with van der Waals surface area (Å²) in [5.74, 6) is -0.642. The lowest BCUT2D eigenvalue weighted by Gasteiger charge is -2.34. The van der Waals surface area contributed by atoms with Gasteiger partial charge in [-0.1, -0.05) is 68.8 Å². The standard InChI is InChI=1S/C26H38N4O4S/c1-5-7-19-27-26(32)24(6-2)29(20-18-22-14-10-8-11-15-22)25(31)21-30(35(33,34)28(3)4)23-16-12-9-13-17-23/h8-17,24H,5-7,18-21H2,1-4H3,(H,27,32)/t24-/m1/s1. The van der Waals surface area contributed by atoms with Crippen LogP contribution in [0.4, 0.5) is 5.69 Å². The fourth-order valence-electron chi connectivity index (χ4n) is 3.71. The fraction of sp³-hybridized carbons (Fsp3) is 0.462. The number of nitrogens with zero attached hydrogens (tertiary/aromatic N) is 3. The SMILES string of the molecule is CCCCNC(=O)[C@@H](CC)N(CCc1ccccc1)C(=O)CN(c1ccccc1)S(=O)(=O)N(C)C. The Morgan fingerprint density at radius 1 is 0.943 bits per heavy atom. The van der Waals surface area contributed by atoms with E-state index in [1.54, 1.807) is 30.3 Å². The maximum Gasteiger partial charge on any atom is 0.304 e. The van der Waals surface area contributed by atoms with Gasteiger partial charge in [0, 0.05) is 27.2 Å². The molecule has 1 N–H and O–H groups in total. The van der Waals surface area contributed by atoms with Crippen molar-refractivity contribution in [2.75, 3.05) is 38.0 Å². The Hall–Kier alpha value is -2.91. The normalized spacial score (nSPS) is 12.3. The Morgan fingerprint density at radius 2 is 1.54 bits per heavy atom. The highest BCUT2D eigenvalue weighted by Gasteiger charge is 2.33. The number of benzene rings is 2. The van der Waals surface area contributed by atoms with Crippen LogP contribution in [0.2, 0.25) is 0 Å². The van der Waals surface area contributed by atoms with Gasteiger partial charge in [0.05, 0.1) is 5.69 Å². The highest BCUT2D eigenvalue weighted by atomic mass is 32.2. The molecule has 0 aliphatic rings. The molecule has 2 rings (SSSR count). The summed E-state index contributed by atoms with van der Waals surface area (Å²) in [5, 5.41) is 2.93. The summed E-state index contributed by atoms with van der Waals surface area (Å²) < 4.78 is 28.4. The number of amides is 2. The summed E-state index contributed by atoms with van der Waals surface area (Å²) >= 11 is 0. The van der Waals surface area contributed by atoms with Gasteiger partial charge in [-0.3, -0.25) is 9.59 Å². The topological polar surface area (TPSA) is 90.0 Å². The molecule has 0 saturated heterocycles. The zero-order valence-corrected chi connectivity index (χ0v) is 22.0. The first-order valence-electron chi connectivity index (χ1n) is 12.1. The summed E-state index contributed by atoms with van der Waals surface area (Å²) in [6.45, 7) is 4.34. The van der Waals surface area contributed by atoms with Crippen LogP contribution in [-0.2, 0) is 26.2 Å². The van der Waals surface area contributed by atoms with Crippen LogP contribution in [0.1, 0.15) is 38.7 Å². The summed E-state index contributed by atoms with van der Waals surface area (Å²) in [7, 11) is -1.08. The molecule has 8 nitrogen and oxygen atoms in total. The number of carbonyl (C=O) groups excluding carboxylic acids is 2. The van der Waals surface area contributed by atoms with Crippen LogP contribution in [0, 0.1) is 0 Å². The second kappa shape index (κ2) is 13.8. The molecule has 0 aliphatic heterocycles. The first-order valence-corrected chi connectivity index (χ1v) is 13.5. The first-order chi connectivity index (χ1) is 16.7. The van der Waals surface area contributed by atoms with Gasteiger partial charge >= 0.3 is 10.2 Å². The molecule has 1 atom stereocenters. The molecule has 2 aromatic carbocycles. The smallest absolute Gasteiger partial charge is 0.304 e. The molecule has 0 radical (unpaired) electrons. The lowest BCUT2D eigenvalue weighted by atomic mass is 10.1. The van der Waals surface area contributed by atoms with E-state index in [0.29, 0.717) is 31.6 Å². The van der Waals surface area contributed by atoms with Gasteiger partial charge in [0.25, 0.3) is 0 Å². The van der Waals surface area contributed by atoms with E-state index in [1.165, 1.54) is 19.0 Å². The minimum Gasteiger partial charge on any atom is -0.354 e. The van der Waals surface area contributed by atoms with Crippen LogP contribution in [0.15, 0.2) is 60.7 Å². The Balaban J connectivity index is 2.36. The molecule has 0 aromatic heterocycles. The van der Waals surface area contributed by atoms with Crippen molar-refractivity contribution in [1.29, 1.82) is 0 Å². The molecule has 0 saturated carbocycles. The predicted molar refractivity (Wildman–Crippen MR) is 140 cm³/mol. The number of hydrogen-bond acceptors (Lipinski definition) is 4. The van der Waals surface area contributed by atoms with Gasteiger partial charge in [-0.25, -0.2) is 4.31 Å². The van der Waals surface area contributed by atoms with Gasteiger partial charge in [-0.15, -0.1) is 0 Å². The van der Waals surface area contributed by atoms with Crippen molar-refractivity contribution in [3.8, 4) is 0 Å². The zero-order chi connectivity index (χ0) is 25.8. The van der Waals surface area contributed by atoms with Crippen LogP contribution >= 0.6 is 0 Å². The maximum absolute atomic E-state index is 13.7. The summed E-state index contributed by atoms with van der Waals surface area (Å²) in [6, 6.07) is 17.6. The van der Waals surface area contributed by atoms with Gasteiger partial charge in [-0.05, 0) is 37.0 Å². The third-order valence-electron chi connectivity index (χ3n) is 5.76. The van der Waals surface area contributed by atoms with E-state index in [4.69, 9.17) is 0 Å². The molecular formula is C26H38N4O4S. The average Bonchev–Trinajstić information content (AvgIpc) is 2.85. The number of rotatable bonds is 14. The molecule has 192 valence electrons. The Morgan fingerprint density at radius 3 is 2.09 bits per heavy atom. The molecule has 2 amide bonds. The number of anilines is 1. The Bertz CT molecular complexity index is 1030. The van der Waals surface area contributed by atoms with Crippen LogP contribution in [-0.4, -0.2) is 69.2 Å². The predicted octanol–water partition coefficient (Wildman–Crippen LogP) is 3.07. The quantitative estimate of drug-likeness (QED) is 0.402. The number of carbonyl (C=O) groups is 2. The van der Waals surface area contributed by atoms with Crippen LogP contribution in [0.25, 0.3) is 0 Å². The number of hydrogen-bond donors (Lipinski definition) is 1. The van der Waals surface area contributed by atoms with Crippen molar-refractivity contribution in [2.24, 2.45) is 0 Å². The van der Waals surface area contributed by atoms with Crippen molar-refractivity contribution < 1.29 is 18.0 Å². The Kier molecular flexibility index (Phi) is 11.2. The van der Waals surface area contributed by atoms with E-state index in [2.05, 4.69) is 5.32 Å². The zero-order valence-electron chi connectivity index (χ0n) is 21.2.